The van der Waals surface area contributed by atoms with Crippen molar-refractivity contribution in [2.24, 2.45) is 0 Å². The Morgan fingerprint density at radius 1 is 1.30 bits per heavy atom. The molecule has 0 aliphatic rings. The smallest absolute Gasteiger partial charge is 0.118 e. The topological polar surface area (TPSA) is 21.3 Å². The van der Waals surface area contributed by atoms with Gasteiger partial charge in [-0.25, -0.2) is 0 Å². The number of nitrogens with one attached hydrogen (secondary N) is 1. The van der Waals surface area contributed by atoms with Gasteiger partial charge in [0, 0.05) is 20.3 Å². The van der Waals surface area contributed by atoms with E-state index in [2.05, 4.69) is 46.4 Å². The van der Waals surface area contributed by atoms with Crippen LogP contribution in [-0.4, -0.2) is 14.2 Å². The summed E-state index contributed by atoms with van der Waals surface area (Å²) in [5.74, 6) is 0.913. The zero-order valence-electron chi connectivity index (χ0n) is 12.1. The Hall–Kier alpha value is -0.840. The van der Waals surface area contributed by atoms with Gasteiger partial charge in [-0.05, 0) is 66.5 Å². The molecule has 1 atom stereocenters. The Bertz CT molecular complexity index is 550. The number of hydrogen-bond acceptors (Lipinski definition) is 3. The van der Waals surface area contributed by atoms with Crippen molar-refractivity contribution in [2.45, 2.75) is 25.8 Å². The standard InChI is InChI=1S/C16H20BrNOS/c1-11-10-14(17)16(20-11)15(18-2)9-6-12-4-7-13(19-3)8-5-12/h4-5,7-8,10,15,18H,6,9H2,1-3H3. The Labute approximate surface area is 133 Å². The molecule has 0 saturated heterocycles. The highest BCUT2D eigenvalue weighted by Gasteiger charge is 2.15. The summed E-state index contributed by atoms with van der Waals surface area (Å²) < 4.78 is 6.40. The molecule has 0 bridgehead atoms. The van der Waals surface area contributed by atoms with Gasteiger partial charge in [0.25, 0.3) is 0 Å². The van der Waals surface area contributed by atoms with E-state index in [1.165, 1.54) is 19.8 Å². The van der Waals surface area contributed by atoms with Crippen LogP contribution in [0.3, 0.4) is 0 Å². The van der Waals surface area contributed by atoms with E-state index in [9.17, 15) is 0 Å². The number of thiophene rings is 1. The average molecular weight is 354 g/mol. The highest BCUT2D eigenvalue weighted by atomic mass is 79.9. The van der Waals surface area contributed by atoms with Crippen molar-refractivity contribution in [3.63, 3.8) is 0 Å². The van der Waals surface area contributed by atoms with E-state index < -0.39 is 0 Å². The van der Waals surface area contributed by atoms with Gasteiger partial charge in [0.2, 0.25) is 0 Å². The van der Waals surface area contributed by atoms with Gasteiger partial charge in [-0.15, -0.1) is 11.3 Å². The molecule has 2 rings (SSSR count). The zero-order chi connectivity index (χ0) is 14.5. The summed E-state index contributed by atoms with van der Waals surface area (Å²) in [6.07, 6.45) is 2.14. The van der Waals surface area contributed by atoms with E-state index in [0.29, 0.717) is 6.04 Å². The summed E-state index contributed by atoms with van der Waals surface area (Å²) in [6.45, 7) is 2.15. The molecule has 0 aliphatic carbocycles. The molecule has 1 heterocycles. The fourth-order valence-electron chi connectivity index (χ4n) is 2.25. The van der Waals surface area contributed by atoms with Gasteiger partial charge in [0.1, 0.15) is 5.75 Å². The second-order valence-corrected chi connectivity index (χ2v) is 6.94. The first kappa shape index (κ1) is 15.5. The Balaban J connectivity index is 2.01. The zero-order valence-corrected chi connectivity index (χ0v) is 14.5. The number of rotatable bonds is 6. The number of benzene rings is 1. The molecule has 4 heteroatoms. The van der Waals surface area contributed by atoms with Crippen LogP contribution in [0.2, 0.25) is 0 Å². The largest absolute Gasteiger partial charge is 0.497 e. The average Bonchev–Trinajstić information content (AvgIpc) is 2.79. The normalized spacial score (nSPS) is 12.4. The van der Waals surface area contributed by atoms with Gasteiger partial charge in [-0.1, -0.05) is 12.1 Å². The Morgan fingerprint density at radius 3 is 2.50 bits per heavy atom. The summed E-state index contributed by atoms with van der Waals surface area (Å²) in [5, 5.41) is 3.42. The molecule has 2 nitrogen and oxygen atoms in total. The summed E-state index contributed by atoms with van der Waals surface area (Å²) >= 11 is 5.52. The van der Waals surface area contributed by atoms with Crippen LogP contribution in [0.5, 0.6) is 5.75 Å². The van der Waals surface area contributed by atoms with E-state index in [-0.39, 0.29) is 0 Å². The maximum Gasteiger partial charge on any atom is 0.118 e. The first-order valence-corrected chi connectivity index (χ1v) is 8.31. The second kappa shape index (κ2) is 7.25. The minimum absolute atomic E-state index is 0.394. The molecule has 0 saturated carbocycles. The molecule has 0 amide bonds. The third-order valence-electron chi connectivity index (χ3n) is 3.38. The van der Waals surface area contributed by atoms with Crippen molar-refractivity contribution in [1.82, 2.24) is 5.32 Å². The van der Waals surface area contributed by atoms with E-state index in [4.69, 9.17) is 4.74 Å². The van der Waals surface area contributed by atoms with Gasteiger partial charge in [-0.2, -0.15) is 0 Å². The van der Waals surface area contributed by atoms with Crippen LogP contribution in [0.1, 0.15) is 27.8 Å². The van der Waals surface area contributed by atoms with Gasteiger partial charge in [0.15, 0.2) is 0 Å². The highest BCUT2D eigenvalue weighted by Crippen LogP contribution is 2.34. The molecule has 0 aliphatic heterocycles. The van der Waals surface area contributed by atoms with Crippen LogP contribution < -0.4 is 10.1 Å². The number of aryl methyl sites for hydroxylation is 2. The van der Waals surface area contributed by atoms with Crippen molar-refractivity contribution in [3.8, 4) is 5.75 Å². The van der Waals surface area contributed by atoms with E-state index in [1.807, 2.05) is 30.5 Å². The lowest BCUT2D eigenvalue weighted by molar-refractivity contribution is 0.414. The third-order valence-corrected chi connectivity index (χ3v) is 5.46. The van der Waals surface area contributed by atoms with E-state index >= 15 is 0 Å². The molecule has 0 spiro atoms. The fraction of sp³-hybridized carbons (Fsp3) is 0.375. The van der Waals surface area contributed by atoms with Crippen LogP contribution in [0.15, 0.2) is 34.8 Å². The summed E-state index contributed by atoms with van der Waals surface area (Å²) in [7, 11) is 3.73. The molecule has 1 aromatic heterocycles. The number of ether oxygens (including phenoxy) is 1. The van der Waals surface area contributed by atoms with Crippen LogP contribution in [0.25, 0.3) is 0 Å². The van der Waals surface area contributed by atoms with E-state index in [1.54, 1.807) is 7.11 Å². The Kier molecular flexibility index (Phi) is 5.64. The predicted octanol–water partition coefficient (Wildman–Crippen LogP) is 4.72. The van der Waals surface area contributed by atoms with Crippen molar-refractivity contribution < 1.29 is 4.74 Å². The van der Waals surface area contributed by atoms with Crippen LogP contribution in [0.4, 0.5) is 0 Å². The minimum atomic E-state index is 0.394. The van der Waals surface area contributed by atoms with Crippen molar-refractivity contribution in [3.05, 3.63) is 50.1 Å². The molecule has 1 aromatic carbocycles. The molecule has 2 aromatic rings. The SMILES string of the molecule is CNC(CCc1ccc(OC)cc1)c1sc(C)cc1Br. The molecule has 0 fully saturated rings. The van der Waals surface area contributed by atoms with Gasteiger partial charge in [0.05, 0.1) is 7.11 Å². The predicted molar refractivity (Wildman–Crippen MR) is 89.9 cm³/mol. The monoisotopic (exact) mass is 353 g/mol. The molecule has 20 heavy (non-hydrogen) atoms. The summed E-state index contributed by atoms with van der Waals surface area (Å²) in [4.78, 5) is 2.73. The van der Waals surface area contributed by atoms with E-state index in [0.717, 1.165) is 18.6 Å². The molecule has 108 valence electrons. The maximum atomic E-state index is 5.19. The lowest BCUT2D eigenvalue weighted by Crippen LogP contribution is -2.16. The first-order valence-electron chi connectivity index (χ1n) is 6.70. The maximum absolute atomic E-state index is 5.19. The second-order valence-electron chi connectivity index (χ2n) is 4.80. The molecular weight excluding hydrogens is 334 g/mol. The third kappa shape index (κ3) is 3.84. The number of hydrogen-bond donors (Lipinski definition) is 1. The first-order chi connectivity index (χ1) is 9.63. The highest BCUT2D eigenvalue weighted by molar-refractivity contribution is 9.10. The molecular formula is C16H20BrNOS. The minimum Gasteiger partial charge on any atom is -0.497 e. The molecule has 1 unspecified atom stereocenters. The number of halogens is 1. The van der Waals surface area contributed by atoms with Crippen LogP contribution >= 0.6 is 27.3 Å². The Morgan fingerprint density at radius 2 is 2.00 bits per heavy atom. The lowest BCUT2D eigenvalue weighted by atomic mass is 10.0. The lowest BCUT2D eigenvalue weighted by Gasteiger charge is -2.15. The van der Waals surface area contributed by atoms with Crippen LogP contribution in [-0.2, 0) is 6.42 Å². The van der Waals surface area contributed by atoms with Crippen molar-refractivity contribution in [2.75, 3.05) is 14.2 Å². The quantitative estimate of drug-likeness (QED) is 0.810. The fourth-order valence-corrected chi connectivity index (χ4v) is 4.32. The number of methoxy groups -OCH3 is 1. The van der Waals surface area contributed by atoms with Gasteiger partial charge in [-0.3, -0.25) is 0 Å². The van der Waals surface area contributed by atoms with Gasteiger partial charge >= 0.3 is 0 Å². The van der Waals surface area contributed by atoms with Crippen LogP contribution in [0, 0.1) is 6.92 Å². The van der Waals surface area contributed by atoms with Crippen molar-refractivity contribution in [1.29, 1.82) is 0 Å². The van der Waals surface area contributed by atoms with Crippen molar-refractivity contribution >= 4 is 27.3 Å². The van der Waals surface area contributed by atoms with Gasteiger partial charge < -0.3 is 10.1 Å². The summed E-state index contributed by atoms with van der Waals surface area (Å²) in [5.41, 5.74) is 1.34. The molecule has 0 radical (unpaired) electrons. The molecule has 1 N–H and O–H groups in total. The summed E-state index contributed by atoms with van der Waals surface area (Å²) in [6, 6.07) is 10.9.